The molecule has 0 spiro atoms. The minimum Gasteiger partial charge on any atom is -0.317 e. The summed E-state index contributed by atoms with van der Waals surface area (Å²) in [6, 6.07) is 12.4. The molecule has 1 N–H and O–H groups in total. The van der Waals surface area contributed by atoms with Gasteiger partial charge in [0.05, 0.1) is 5.69 Å². The number of para-hydroxylation sites is 1. The number of nitriles is 1. The van der Waals surface area contributed by atoms with Crippen molar-refractivity contribution in [3.05, 3.63) is 64.1 Å². The van der Waals surface area contributed by atoms with E-state index in [1.54, 1.807) is 12.1 Å². The molecule has 0 atom stereocenters. The first-order valence-electron chi connectivity index (χ1n) is 6.11. The van der Waals surface area contributed by atoms with Gasteiger partial charge < -0.3 is 4.57 Å². The number of nitrogens with one attached hydrogen (secondary N) is 1. The second-order valence-corrected chi connectivity index (χ2v) is 4.22. The Bertz CT molecular complexity index is 786. The lowest BCUT2D eigenvalue weighted by Gasteiger charge is -2.05. The van der Waals surface area contributed by atoms with Crippen molar-refractivity contribution in [3.8, 4) is 6.07 Å². The fourth-order valence-electron chi connectivity index (χ4n) is 1.74. The summed E-state index contributed by atoms with van der Waals surface area (Å²) in [5.74, 6) is 0. The number of hydrazone groups is 1. The Balaban J connectivity index is 2.43. The minimum absolute atomic E-state index is 0.00639. The van der Waals surface area contributed by atoms with Crippen molar-refractivity contribution >= 4 is 17.7 Å². The highest BCUT2D eigenvalue weighted by Gasteiger charge is 2.13. The fraction of sp³-hybridized carbons (Fsp3) is 0.0667. The maximum absolute atomic E-state index is 11.9. The lowest BCUT2D eigenvalue weighted by atomic mass is 10.1. The minimum atomic E-state index is -0.468. The van der Waals surface area contributed by atoms with Crippen LogP contribution in [0.4, 0.5) is 5.69 Å². The summed E-state index contributed by atoms with van der Waals surface area (Å²) >= 11 is 0. The van der Waals surface area contributed by atoms with Gasteiger partial charge in [-0.25, -0.2) is 0 Å². The number of aromatic nitrogens is 1. The number of hydrogen-bond acceptors (Lipinski definition) is 5. The van der Waals surface area contributed by atoms with Gasteiger partial charge in [0.15, 0.2) is 6.29 Å². The maximum Gasteiger partial charge on any atom is 0.268 e. The van der Waals surface area contributed by atoms with Crippen LogP contribution in [0.25, 0.3) is 0 Å². The van der Waals surface area contributed by atoms with Gasteiger partial charge in [-0.2, -0.15) is 10.4 Å². The lowest BCUT2D eigenvalue weighted by molar-refractivity contribution is -0.102. The zero-order valence-corrected chi connectivity index (χ0v) is 11.3. The molecule has 0 unspecified atom stereocenters. The number of pyridine rings is 1. The topological polar surface area (TPSA) is 87.2 Å². The van der Waals surface area contributed by atoms with Crippen LogP contribution in [0.2, 0.25) is 0 Å². The predicted octanol–water partition coefficient (Wildman–Crippen LogP) is 1.27. The standard InChI is InChI=1S/C15H12N4O2/c1-19-8-7-12(13(9-16)15(19)21)14(10-20)18-17-11-5-3-2-4-6-11/h2-8,10,17H,1H3/b18-14+. The van der Waals surface area contributed by atoms with E-state index in [2.05, 4.69) is 10.5 Å². The molecule has 0 fully saturated rings. The highest BCUT2D eigenvalue weighted by atomic mass is 16.1. The lowest BCUT2D eigenvalue weighted by Crippen LogP contribution is -2.23. The Morgan fingerprint density at radius 2 is 2.05 bits per heavy atom. The van der Waals surface area contributed by atoms with Gasteiger partial charge in [-0.1, -0.05) is 18.2 Å². The van der Waals surface area contributed by atoms with Gasteiger partial charge in [0.2, 0.25) is 0 Å². The monoisotopic (exact) mass is 280 g/mol. The molecule has 0 radical (unpaired) electrons. The fourth-order valence-corrected chi connectivity index (χ4v) is 1.74. The van der Waals surface area contributed by atoms with Crippen molar-refractivity contribution < 1.29 is 4.79 Å². The van der Waals surface area contributed by atoms with Gasteiger partial charge in [-0.15, -0.1) is 0 Å². The average Bonchev–Trinajstić information content (AvgIpc) is 2.52. The van der Waals surface area contributed by atoms with E-state index in [-0.39, 0.29) is 16.8 Å². The third-order valence-corrected chi connectivity index (χ3v) is 2.85. The van der Waals surface area contributed by atoms with Crippen LogP contribution in [-0.2, 0) is 11.8 Å². The van der Waals surface area contributed by atoms with Crippen LogP contribution in [0, 0.1) is 11.3 Å². The van der Waals surface area contributed by atoms with E-state index >= 15 is 0 Å². The third kappa shape index (κ3) is 3.04. The highest BCUT2D eigenvalue weighted by Crippen LogP contribution is 2.07. The van der Waals surface area contributed by atoms with Crippen molar-refractivity contribution in [2.45, 2.75) is 0 Å². The van der Waals surface area contributed by atoms with E-state index in [0.29, 0.717) is 12.0 Å². The van der Waals surface area contributed by atoms with E-state index in [1.807, 2.05) is 24.3 Å². The molecule has 0 bridgehead atoms. The smallest absolute Gasteiger partial charge is 0.268 e. The van der Waals surface area contributed by atoms with E-state index in [0.717, 1.165) is 0 Å². The van der Waals surface area contributed by atoms with Crippen LogP contribution in [-0.4, -0.2) is 16.6 Å². The second kappa shape index (κ2) is 6.30. The number of benzene rings is 1. The number of carbonyl (C=O) groups is 1. The number of rotatable bonds is 4. The van der Waals surface area contributed by atoms with Crippen LogP contribution in [0.5, 0.6) is 0 Å². The SMILES string of the molecule is Cn1ccc(/C(C=O)=N/Nc2ccccc2)c(C#N)c1=O. The first-order valence-corrected chi connectivity index (χ1v) is 6.11. The molecular formula is C15H12N4O2. The molecule has 0 aliphatic carbocycles. The number of nitrogens with zero attached hydrogens (tertiary/aromatic N) is 3. The second-order valence-electron chi connectivity index (χ2n) is 4.22. The summed E-state index contributed by atoms with van der Waals surface area (Å²) in [6.45, 7) is 0. The van der Waals surface area contributed by atoms with Crippen LogP contribution in [0.3, 0.4) is 0 Å². The average molecular weight is 280 g/mol. The molecule has 2 rings (SSSR count). The van der Waals surface area contributed by atoms with Gasteiger partial charge in [-0.3, -0.25) is 15.0 Å². The van der Waals surface area contributed by atoms with Crippen molar-refractivity contribution in [2.24, 2.45) is 12.1 Å². The van der Waals surface area contributed by atoms with Gasteiger partial charge >= 0.3 is 0 Å². The number of carbonyl (C=O) groups excluding carboxylic acids is 1. The molecule has 104 valence electrons. The number of hydrogen-bond donors (Lipinski definition) is 1. The normalized spacial score (nSPS) is 10.8. The molecule has 0 amide bonds. The molecule has 2 aromatic rings. The van der Waals surface area contributed by atoms with Gasteiger partial charge in [0.1, 0.15) is 17.3 Å². The Kier molecular flexibility index (Phi) is 4.26. The Morgan fingerprint density at radius 3 is 2.67 bits per heavy atom. The molecule has 6 nitrogen and oxygen atoms in total. The van der Waals surface area contributed by atoms with Crippen molar-refractivity contribution in [2.75, 3.05) is 5.43 Å². The molecule has 0 aliphatic rings. The van der Waals surface area contributed by atoms with E-state index < -0.39 is 5.56 Å². The molecule has 0 saturated heterocycles. The number of aryl methyl sites for hydroxylation is 1. The summed E-state index contributed by atoms with van der Waals surface area (Å²) < 4.78 is 1.27. The Hall–Kier alpha value is -3.20. The molecule has 1 heterocycles. The first-order chi connectivity index (χ1) is 10.2. The van der Waals surface area contributed by atoms with Crippen molar-refractivity contribution in [1.29, 1.82) is 5.26 Å². The van der Waals surface area contributed by atoms with Crippen molar-refractivity contribution in [1.82, 2.24) is 4.57 Å². The van der Waals surface area contributed by atoms with Gasteiger partial charge in [0, 0.05) is 18.8 Å². The molecule has 21 heavy (non-hydrogen) atoms. The van der Waals surface area contributed by atoms with Crippen LogP contribution >= 0.6 is 0 Å². The summed E-state index contributed by atoms with van der Waals surface area (Å²) in [6.07, 6.45) is 1.99. The first kappa shape index (κ1) is 14.2. The maximum atomic E-state index is 11.9. The summed E-state index contributed by atoms with van der Waals surface area (Å²) in [7, 11) is 1.53. The van der Waals surface area contributed by atoms with E-state index in [9.17, 15) is 9.59 Å². The molecule has 6 heteroatoms. The third-order valence-electron chi connectivity index (χ3n) is 2.85. The molecule has 0 saturated carbocycles. The van der Waals surface area contributed by atoms with Crippen molar-refractivity contribution in [3.63, 3.8) is 0 Å². The van der Waals surface area contributed by atoms with E-state index in [1.165, 1.54) is 23.9 Å². The molecule has 1 aromatic carbocycles. The summed E-state index contributed by atoms with van der Waals surface area (Å²) in [5, 5.41) is 13.1. The number of anilines is 1. The summed E-state index contributed by atoms with van der Waals surface area (Å²) in [5.41, 5.74) is 3.03. The molecule has 0 aliphatic heterocycles. The predicted molar refractivity (Wildman–Crippen MR) is 79.1 cm³/mol. The van der Waals surface area contributed by atoms with Gasteiger partial charge in [0.25, 0.3) is 5.56 Å². The zero-order chi connectivity index (χ0) is 15.2. The highest BCUT2D eigenvalue weighted by molar-refractivity contribution is 6.37. The Morgan fingerprint density at radius 1 is 1.33 bits per heavy atom. The summed E-state index contributed by atoms with van der Waals surface area (Å²) in [4.78, 5) is 23.1. The zero-order valence-electron chi connectivity index (χ0n) is 11.3. The van der Waals surface area contributed by atoms with Crippen LogP contribution < -0.4 is 11.0 Å². The van der Waals surface area contributed by atoms with Crippen LogP contribution in [0.1, 0.15) is 11.1 Å². The van der Waals surface area contributed by atoms with Gasteiger partial charge in [-0.05, 0) is 18.2 Å². The molecule has 1 aromatic heterocycles. The Labute approximate surface area is 121 Å². The van der Waals surface area contributed by atoms with Crippen LogP contribution in [0.15, 0.2) is 52.5 Å². The van der Waals surface area contributed by atoms with E-state index in [4.69, 9.17) is 5.26 Å². The quantitative estimate of drug-likeness (QED) is 0.519. The molecular weight excluding hydrogens is 268 g/mol. The number of aldehydes is 1. The largest absolute Gasteiger partial charge is 0.317 e.